The van der Waals surface area contributed by atoms with Crippen LogP contribution in [0.4, 0.5) is 4.79 Å². The molecule has 0 spiro atoms. The number of nitrogens with zero attached hydrogens (tertiary/aromatic N) is 2. The van der Waals surface area contributed by atoms with E-state index in [4.69, 9.17) is 5.11 Å². The van der Waals surface area contributed by atoms with E-state index in [1.807, 2.05) is 16.8 Å². The van der Waals surface area contributed by atoms with E-state index in [1.54, 1.807) is 0 Å². The molecule has 0 aromatic carbocycles. The number of likely N-dealkylation sites (tertiary alicyclic amines) is 1. The Kier molecular flexibility index (Phi) is 6.12. The fraction of sp³-hybridized carbons (Fsp3) is 0.857. The Hall–Kier alpha value is -1.26. The number of carbonyl (C=O) groups excluding carboxylic acids is 1. The molecule has 0 aromatic rings. The van der Waals surface area contributed by atoms with Crippen molar-refractivity contribution in [3.05, 3.63) is 0 Å². The first-order valence-corrected chi connectivity index (χ1v) is 7.23. The molecule has 0 bridgehead atoms. The van der Waals surface area contributed by atoms with E-state index in [9.17, 15) is 9.59 Å². The number of amides is 2. The molecule has 1 fully saturated rings. The molecule has 0 aromatic heterocycles. The van der Waals surface area contributed by atoms with Crippen molar-refractivity contribution < 1.29 is 14.7 Å². The van der Waals surface area contributed by atoms with Crippen molar-refractivity contribution in [2.75, 3.05) is 20.1 Å². The minimum Gasteiger partial charge on any atom is -0.481 e. The molecule has 5 heteroatoms. The van der Waals surface area contributed by atoms with Crippen molar-refractivity contribution in [1.82, 2.24) is 9.80 Å². The third-order valence-corrected chi connectivity index (χ3v) is 4.04. The molecule has 1 N–H and O–H groups in total. The molecule has 5 nitrogen and oxygen atoms in total. The summed E-state index contributed by atoms with van der Waals surface area (Å²) in [6.07, 6.45) is 3.87. The van der Waals surface area contributed by atoms with Gasteiger partial charge in [0.15, 0.2) is 0 Å². The van der Waals surface area contributed by atoms with E-state index in [2.05, 4.69) is 13.8 Å². The summed E-state index contributed by atoms with van der Waals surface area (Å²) in [7, 11) is 1.85. The largest absolute Gasteiger partial charge is 0.481 e. The first kappa shape index (κ1) is 15.8. The lowest BCUT2D eigenvalue weighted by Gasteiger charge is -2.37. The topological polar surface area (TPSA) is 60.9 Å². The van der Waals surface area contributed by atoms with Crippen LogP contribution in [-0.4, -0.2) is 53.1 Å². The smallest absolute Gasteiger partial charge is 0.319 e. The van der Waals surface area contributed by atoms with Gasteiger partial charge in [-0.3, -0.25) is 4.79 Å². The van der Waals surface area contributed by atoms with Crippen LogP contribution >= 0.6 is 0 Å². The van der Waals surface area contributed by atoms with Crippen molar-refractivity contribution in [1.29, 1.82) is 0 Å². The Labute approximate surface area is 115 Å². The Bertz CT molecular complexity index is 316. The van der Waals surface area contributed by atoms with E-state index >= 15 is 0 Å². The van der Waals surface area contributed by atoms with E-state index < -0.39 is 5.97 Å². The van der Waals surface area contributed by atoms with Gasteiger partial charge in [0.2, 0.25) is 0 Å². The van der Waals surface area contributed by atoms with Crippen molar-refractivity contribution in [2.45, 2.75) is 52.0 Å². The average molecular weight is 270 g/mol. The van der Waals surface area contributed by atoms with Crippen LogP contribution in [0.1, 0.15) is 46.0 Å². The summed E-state index contributed by atoms with van der Waals surface area (Å²) in [5.74, 6) is -0.669. The zero-order valence-corrected chi connectivity index (χ0v) is 12.3. The molecular weight excluding hydrogens is 244 g/mol. The molecule has 1 unspecified atom stereocenters. The predicted molar refractivity (Wildman–Crippen MR) is 74.1 cm³/mol. The van der Waals surface area contributed by atoms with E-state index in [1.165, 1.54) is 0 Å². The van der Waals surface area contributed by atoms with E-state index in [-0.39, 0.29) is 24.4 Å². The van der Waals surface area contributed by atoms with Crippen LogP contribution in [0.5, 0.6) is 0 Å². The Morgan fingerprint density at radius 3 is 2.53 bits per heavy atom. The van der Waals surface area contributed by atoms with Crippen LogP contribution in [0, 0.1) is 5.92 Å². The summed E-state index contributed by atoms with van der Waals surface area (Å²) in [6.45, 7) is 5.50. The van der Waals surface area contributed by atoms with Gasteiger partial charge in [-0.1, -0.05) is 13.8 Å². The third kappa shape index (κ3) is 4.40. The summed E-state index contributed by atoms with van der Waals surface area (Å²) < 4.78 is 0. The zero-order valence-electron chi connectivity index (χ0n) is 12.3. The first-order valence-electron chi connectivity index (χ1n) is 7.23. The second-order valence-electron chi connectivity index (χ2n) is 5.42. The molecule has 19 heavy (non-hydrogen) atoms. The van der Waals surface area contributed by atoms with Crippen molar-refractivity contribution in [2.24, 2.45) is 5.92 Å². The summed E-state index contributed by atoms with van der Waals surface area (Å²) in [4.78, 5) is 26.8. The molecule has 0 radical (unpaired) electrons. The van der Waals surface area contributed by atoms with Gasteiger partial charge in [-0.25, -0.2) is 4.79 Å². The van der Waals surface area contributed by atoms with Crippen LogP contribution in [0.3, 0.4) is 0 Å². The number of urea groups is 1. The Balaban J connectivity index is 2.58. The number of carboxylic acids is 1. The number of hydrogen-bond acceptors (Lipinski definition) is 2. The molecule has 1 aliphatic rings. The highest BCUT2D eigenvalue weighted by atomic mass is 16.4. The number of carbonyl (C=O) groups is 2. The SMILES string of the molecule is CCC(CC)N(C)C(=O)N1CCCC(CC(=O)O)C1. The van der Waals surface area contributed by atoms with Crippen LogP contribution in [0.2, 0.25) is 0 Å². The van der Waals surface area contributed by atoms with E-state index in [0.29, 0.717) is 6.54 Å². The van der Waals surface area contributed by atoms with E-state index in [0.717, 1.165) is 32.2 Å². The van der Waals surface area contributed by atoms with Gasteiger partial charge in [-0.05, 0) is 31.6 Å². The van der Waals surface area contributed by atoms with Crippen LogP contribution < -0.4 is 0 Å². The summed E-state index contributed by atoms with van der Waals surface area (Å²) >= 11 is 0. The fourth-order valence-electron chi connectivity index (χ4n) is 2.87. The highest BCUT2D eigenvalue weighted by molar-refractivity contribution is 5.75. The van der Waals surface area contributed by atoms with Gasteiger partial charge in [0.05, 0.1) is 0 Å². The standard InChI is InChI=1S/C14H26N2O3/c1-4-12(5-2)15(3)14(19)16-8-6-7-11(10-16)9-13(17)18/h11-12H,4-10H2,1-3H3,(H,17,18). The normalized spacial score (nSPS) is 19.6. The molecule has 1 heterocycles. The van der Waals surface area contributed by atoms with Crippen LogP contribution in [0.25, 0.3) is 0 Å². The maximum atomic E-state index is 12.4. The van der Waals surface area contributed by atoms with Gasteiger partial charge in [0.25, 0.3) is 0 Å². The first-order chi connectivity index (χ1) is 8.99. The van der Waals surface area contributed by atoms with Crippen molar-refractivity contribution in [3.63, 3.8) is 0 Å². The van der Waals surface area contributed by atoms with Gasteiger partial charge in [0.1, 0.15) is 0 Å². The van der Waals surface area contributed by atoms with Crippen molar-refractivity contribution in [3.8, 4) is 0 Å². The highest BCUT2D eigenvalue weighted by Gasteiger charge is 2.28. The minimum absolute atomic E-state index is 0.0452. The monoisotopic (exact) mass is 270 g/mol. The fourth-order valence-corrected chi connectivity index (χ4v) is 2.87. The van der Waals surface area contributed by atoms with Crippen molar-refractivity contribution >= 4 is 12.0 Å². The minimum atomic E-state index is -0.771. The van der Waals surface area contributed by atoms with Gasteiger partial charge < -0.3 is 14.9 Å². The zero-order chi connectivity index (χ0) is 14.4. The Morgan fingerprint density at radius 2 is 2.00 bits per heavy atom. The molecule has 1 aliphatic heterocycles. The lowest BCUT2D eigenvalue weighted by Crippen LogP contribution is -2.49. The quantitative estimate of drug-likeness (QED) is 0.834. The average Bonchev–Trinajstić information content (AvgIpc) is 2.38. The second-order valence-corrected chi connectivity index (χ2v) is 5.42. The number of aliphatic carboxylic acids is 1. The summed E-state index contributed by atoms with van der Waals surface area (Å²) in [5.41, 5.74) is 0. The maximum Gasteiger partial charge on any atom is 0.319 e. The Morgan fingerprint density at radius 1 is 1.37 bits per heavy atom. The van der Waals surface area contributed by atoms with Gasteiger partial charge in [-0.15, -0.1) is 0 Å². The number of piperidine rings is 1. The third-order valence-electron chi connectivity index (χ3n) is 4.04. The van der Waals surface area contributed by atoms with Crippen LogP contribution in [-0.2, 0) is 4.79 Å². The maximum absolute atomic E-state index is 12.4. The number of rotatable bonds is 5. The molecular formula is C14H26N2O3. The summed E-state index contributed by atoms with van der Waals surface area (Å²) in [5, 5.41) is 8.85. The molecule has 1 saturated heterocycles. The molecule has 0 saturated carbocycles. The summed E-state index contributed by atoms with van der Waals surface area (Å²) in [6, 6.07) is 0.316. The molecule has 0 aliphatic carbocycles. The number of carboxylic acid groups (broad SMARTS) is 1. The molecule has 1 rings (SSSR count). The lowest BCUT2D eigenvalue weighted by molar-refractivity contribution is -0.138. The van der Waals surface area contributed by atoms with Gasteiger partial charge in [-0.2, -0.15) is 0 Å². The van der Waals surface area contributed by atoms with Gasteiger partial charge in [0, 0.05) is 32.6 Å². The highest BCUT2D eigenvalue weighted by Crippen LogP contribution is 2.21. The molecule has 2 amide bonds. The van der Waals surface area contributed by atoms with Gasteiger partial charge >= 0.3 is 12.0 Å². The molecule has 110 valence electrons. The lowest BCUT2D eigenvalue weighted by atomic mass is 9.95. The van der Waals surface area contributed by atoms with Crippen LogP contribution in [0.15, 0.2) is 0 Å². The molecule has 1 atom stereocenters. The predicted octanol–water partition coefficient (Wildman–Crippen LogP) is 2.41. The number of hydrogen-bond donors (Lipinski definition) is 1. The second kappa shape index (κ2) is 7.36.